The summed E-state index contributed by atoms with van der Waals surface area (Å²) < 4.78 is 11.0. The summed E-state index contributed by atoms with van der Waals surface area (Å²) >= 11 is 0. The molecule has 1 aliphatic heterocycles. The number of methoxy groups -OCH3 is 1. The van der Waals surface area contributed by atoms with Gasteiger partial charge in [-0.3, -0.25) is 0 Å². The predicted octanol–water partition coefficient (Wildman–Crippen LogP) is 2.78. The number of nitrogens with one attached hydrogen (secondary N) is 1. The third-order valence-corrected chi connectivity index (χ3v) is 4.20. The van der Waals surface area contributed by atoms with Gasteiger partial charge in [-0.15, -0.1) is 0 Å². The number of rotatable bonds is 5. The number of aromatic nitrogens is 2. The molecule has 112 valence electrons. The molecule has 0 spiro atoms. The van der Waals surface area contributed by atoms with Gasteiger partial charge in [0.25, 0.3) is 0 Å². The van der Waals surface area contributed by atoms with E-state index < -0.39 is 0 Å². The molecule has 0 saturated carbocycles. The van der Waals surface area contributed by atoms with Crippen LogP contribution in [0.15, 0.2) is 28.8 Å². The second kappa shape index (κ2) is 5.85. The van der Waals surface area contributed by atoms with E-state index in [0.29, 0.717) is 5.82 Å². The van der Waals surface area contributed by atoms with Crippen LogP contribution in [0.2, 0.25) is 0 Å². The maximum Gasteiger partial charge on any atom is 0.234 e. The second-order valence-electron chi connectivity index (χ2n) is 5.58. The lowest BCUT2D eigenvalue weighted by atomic mass is 9.82. The summed E-state index contributed by atoms with van der Waals surface area (Å²) in [7, 11) is 1.65. The Bertz CT molecular complexity index is 603. The van der Waals surface area contributed by atoms with Gasteiger partial charge in [-0.05, 0) is 31.5 Å². The van der Waals surface area contributed by atoms with E-state index >= 15 is 0 Å². The first-order chi connectivity index (χ1) is 10.3. The quantitative estimate of drug-likeness (QED) is 0.916. The first kappa shape index (κ1) is 14.1. The molecule has 0 aliphatic carbocycles. The van der Waals surface area contributed by atoms with Crippen LogP contribution in [-0.2, 0) is 5.41 Å². The zero-order valence-electron chi connectivity index (χ0n) is 12.6. The molecule has 1 unspecified atom stereocenters. The molecule has 21 heavy (non-hydrogen) atoms. The fourth-order valence-corrected chi connectivity index (χ4v) is 3.10. The Morgan fingerprint density at radius 3 is 2.95 bits per heavy atom. The van der Waals surface area contributed by atoms with Crippen LogP contribution in [0.3, 0.4) is 0 Å². The van der Waals surface area contributed by atoms with Crippen LogP contribution in [0.25, 0.3) is 11.4 Å². The van der Waals surface area contributed by atoms with Crippen molar-refractivity contribution in [3.63, 3.8) is 0 Å². The molecular weight excluding hydrogens is 266 g/mol. The van der Waals surface area contributed by atoms with Crippen LogP contribution in [0.4, 0.5) is 0 Å². The Hall–Kier alpha value is -1.88. The summed E-state index contributed by atoms with van der Waals surface area (Å²) in [6.45, 7) is 4.11. The van der Waals surface area contributed by atoms with E-state index in [1.807, 2.05) is 24.3 Å². The smallest absolute Gasteiger partial charge is 0.234 e. The summed E-state index contributed by atoms with van der Waals surface area (Å²) in [5.74, 6) is 2.11. The maximum atomic E-state index is 5.60. The molecule has 1 aromatic carbocycles. The minimum atomic E-state index is -0.0119. The van der Waals surface area contributed by atoms with Crippen molar-refractivity contribution < 1.29 is 9.26 Å². The van der Waals surface area contributed by atoms with Gasteiger partial charge in [0.15, 0.2) is 0 Å². The second-order valence-corrected chi connectivity index (χ2v) is 5.58. The number of benzene rings is 1. The predicted molar refractivity (Wildman–Crippen MR) is 80.4 cm³/mol. The van der Waals surface area contributed by atoms with Gasteiger partial charge < -0.3 is 14.6 Å². The molecule has 1 saturated heterocycles. The molecule has 1 fully saturated rings. The molecule has 3 rings (SSSR count). The SMILES string of the molecule is CCCC1(c2nc(-c3ccccc3OC)no2)CCNC1. The summed E-state index contributed by atoms with van der Waals surface area (Å²) in [6.07, 6.45) is 3.22. The molecule has 0 amide bonds. The third kappa shape index (κ3) is 2.53. The van der Waals surface area contributed by atoms with Crippen LogP contribution in [-0.4, -0.2) is 30.3 Å². The molecule has 5 nitrogen and oxygen atoms in total. The standard InChI is InChI=1S/C16H21N3O2/c1-3-8-16(9-10-17-11-16)15-18-14(19-21-15)12-6-4-5-7-13(12)20-2/h4-7,17H,3,8-11H2,1-2H3. The highest BCUT2D eigenvalue weighted by Gasteiger charge is 2.40. The molecule has 1 atom stereocenters. The van der Waals surface area contributed by atoms with E-state index in [0.717, 1.165) is 49.6 Å². The van der Waals surface area contributed by atoms with Gasteiger partial charge in [-0.2, -0.15) is 4.98 Å². The van der Waals surface area contributed by atoms with Gasteiger partial charge in [0.1, 0.15) is 5.75 Å². The van der Waals surface area contributed by atoms with Gasteiger partial charge >= 0.3 is 0 Å². The van der Waals surface area contributed by atoms with E-state index in [-0.39, 0.29) is 5.41 Å². The van der Waals surface area contributed by atoms with Gasteiger partial charge in [-0.25, -0.2) is 0 Å². The minimum absolute atomic E-state index is 0.0119. The zero-order valence-corrected chi connectivity index (χ0v) is 12.6. The number of hydrogen-bond donors (Lipinski definition) is 1. The van der Waals surface area contributed by atoms with Crippen LogP contribution >= 0.6 is 0 Å². The lowest BCUT2D eigenvalue weighted by Crippen LogP contribution is -2.29. The highest BCUT2D eigenvalue weighted by atomic mass is 16.5. The van der Waals surface area contributed by atoms with Crippen molar-refractivity contribution in [2.75, 3.05) is 20.2 Å². The number of para-hydroxylation sites is 1. The average Bonchev–Trinajstić information content (AvgIpc) is 3.17. The topological polar surface area (TPSA) is 60.2 Å². The van der Waals surface area contributed by atoms with Crippen molar-refractivity contribution in [2.24, 2.45) is 0 Å². The number of nitrogens with zero attached hydrogens (tertiary/aromatic N) is 2. The molecular formula is C16H21N3O2. The van der Waals surface area contributed by atoms with Crippen molar-refractivity contribution in [3.05, 3.63) is 30.2 Å². The van der Waals surface area contributed by atoms with Crippen molar-refractivity contribution in [1.82, 2.24) is 15.5 Å². The summed E-state index contributed by atoms with van der Waals surface area (Å²) in [6, 6.07) is 7.74. The molecule has 2 aromatic rings. The van der Waals surface area contributed by atoms with Gasteiger partial charge in [-0.1, -0.05) is 30.6 Å². The molecule has 1 N–H and O–H groups in total. The minimum Gasteiger partial charge on any atom is -0.496 e. The van der Waals surface area contributed by atoms with E-state index in [9.17, 15) is 0 Å². The van der Waals surface area contributed by atoms with Crippen molar-refractivity contribution in [1.29, 1.82) is 0 Å². The monoisotopic (exact) mass is 287 g/mol. The summed E-state index contributed by atoms with van der Waals surface area (Å²) in [4.78, 5) is 4.66. The Morgan fingerprint density at radius 1 is 1.38 bits per heavy atom. The summed E-state index contributed by atoms with van der Waals surface area (Å²) in [5.41, 5.74) is 0.856. The largest absolute Gasteiger partial charge is 0.496 e. The Balaban J connectivity index is 1.96. The molecule has 0 bridgehead atoms. The van der Waals surface area contributed by atoms with E-state index in [4.69, 9.17) is 9.26 Å². The lowest BCUT2D eigenvalue weighted by Gasteiger charge is -2.22. The van der Waals surface area contributed by atoms with Crippen molar-refractivity contribution in [3.8, 4) is 17.1 Å². The fraction of sp³-hybridized carbons (Fsp3) is 0.500. The first-order valence-corrected chi connectivity index (χ1v) is 7.47. The molecule has 1 aliphatic rings. The molecule has 2 heterocycles. The molecule has 1 aromatic heterocycles. The van der Waals surface area contributed by atoms with Crippen molar-refractivity contribution in [2.45, 2.75) is 31.6 Å². The fourth-order valence-electron chi connectivity index (χ4n) is 3.10. The highest BCUT2D eigenvalue weighted by molar-refractivity contribution is 5.63. The molecule has 0 radical (unpaired) electrons. The Morgan fingerprint density at radius 2 is 2.24 bits per heavy atom. The Labute approximate surface area is 124 Å². The van der Waals surface area contributed by atoms with Crippen LogP contribution in [0.1, 0.15) is 32.1 Å². The van der Waals surface area contributed by atoms with E-state index in [1.165, 1.54) is 0 Å². The zero-order chi connectivity index (χ0) is 14.7. The Kier molecular flexibility index (Phi) is 3.92. The normalized spacial score (nSPS) is 21.6. The van der Waals surface area contributed by atoms with Gasteiger partial charge in [0.2, 0.25) is 11.7 Å². The van der Waals surface area contributed by atoms with Gasteiger partial charge in [0.05, 0.1) is 18.1 Å². The average molecular weight is 287 g/mol. The van der Waals surface area contributed by atoms with Crippen LogP contribution in [0, 0.1) is 0 Å². The third-order valence-electron chi connectivity index (χ3n) is 4.20. The number of hydrogen-bond acceptors (Lipinski definition) is 5. The maximum absolute atomic E-state index is 5.60. The number of ether oxygens (including phenoxy) is 1. The highest BCUT2D eigenvalue weighted by Crippen LogP contribution is 2.36. The van der Waals surface area contributed by atoms with E-state index in [1.54, 1.807) is 7.11 Å². The van der Waals surface area contributed by atoms with Crippen LogP contribution in [0.5, 0.6) is 5.75 Å². The van der Waals surface area contributed by atoms with E-state index in [2.05, 4.69) is 22.4 Å². The first-order valence-electron chi connectivity index (χ1n) is 7.47. The van der Waals surface area contributed by atoms with Gasteiger partial charge in [0, 0.05) is 6.54 Å². The van der Waals surface area contributed by atoms with Crippen molar-refractivity contribution >= 4 is 0 Å². The van der Waals surface area contributed by atoms with Crippen LogP contribution < -0.4 is 10.1 Å². The molecule has 5 heteroatoms. The lowest BCUT2D eigenvalue weighted by molar-refractivity contribution is 0.277. The summed E-state index contributed by atoms with van der Waals surface area (Å²) in [5, 5.41) is 7.59.